The van der Waals surface area contributed by atoms with Crippen molar-refractivity contribution in [2.75, 3.05) is 0 Å². The first-order chi connectivity index (χ1) is 11.0. The second-order valence-corrected chi connectivity index (χ2v) is 6.09. The van der Waals surface area contributed by atoms with E-state index in [0.717, 1.165) is 16.6 Å². The third kappa shape index (κ3) is 2.89. The van der Waals surface area contributed by atoms with Gasteiger partial charge in [0.1, 0.15) is 11.9 Å². The Bertz CT molecular complexity index is 945. The molecule has 0 amide bonds. The highest BCUT2D eigenvalue weighted by Gasteiger charge is 2.10. The number of aromatic amines is 1. The van der Waals surface area contributed by atoms with E-state index in [1.807, 2.05) is 31.2 Å². The van der Waals surface area contributed by atoms with Crippen molar-refractivity contribution in [2.45, 2.75) is 27.7 Å². The highest BCUT2D eigenvalue weighted by molar-refractivity contribution is 5.91. The number of benzene rings is 2. The maximum atomic E-state index is 9.58. The van der Waals surface area contributed by atoms with Crippen LogP contribution in [0.5, 0.6) is 0 Å². The van der Waals surface area contributed by atoms with Gasteiger partial charge in [0.25, 0.3) is 0 Å². The lowest BCUT2D eigenvalue weighted by molar-refractivity contribution is 1.27. The number of nitrogens with zero attached hydrogens (tertiary/aromatic N) is 2. The van der Waals surface area contributed by atoms with Gasteiger partial charge in [-0.25, -0.2) is 4.98 Å². The van der Waals surface area contributed by atoms with Gasteiger partial charge in [-0.3, -0.25) is 0 Å². The topological polar surface area (TPSA) is 52.5 Å². The maximum Gasteiger partial charge on any atom is 0.149 e. The number of nitrogens with one attached hydrogen (secondary N) is 1. The molecule has 114 valence electrons. The zero-order chi connectivity index (χ0) is 16.6. The number of nitriles is 1. The SMILES string of the molecule is Cc1cc(C)c(C=C(C#N)c2nc3ccc(C)cc3[nH]2)c(C)c1. The summed E-state index contributed by atoms with van der Waals surface area (Å²) in [7, 11) is 0. The quantitative estimate of drug-likeness (QED) is 0.687. The van der Waals surface area contributed by atoms with E-state index in [0.29, 0.717) is 11.4 Å². The fourth-order valence-corrected chi connectivity index (χ4v) is 2.97. The minimum absolute atomic E-state index is 0.550. The molecule has 23 heavy (non-hydrogen) atoms. The summed E-state index contributed by atoms with van der Waals surface area (Å²) < 4.78 is 0. The molecule has 3 heteroatoms. The molecular weight excluding hydrogens is 282 g/mol. The number of hydrogen-bond acceptors (Lipinski definition) is 2. The van der Waals surface area contributed by atoms with Gasteiger partial charge >= 0.3 is 0 Å². The fraction of sp³-hybridized carbons (Fsp3) is 0.200. The Morgan fingerprint density at radius 1 is 1.04 bits per heavy atom. The Morgan fingerprint density at radius 2 is 1.74 bits per heavy atom. The first-order valence-electron chi connectivity index (χ1n) is 7.64. The highest BCUT2D eigenvalue weighted by atomic mass is 14.9. The van der Waals surface area contributed by atoms with Crippen LogP contribution in [0.15, 0.2) is 30.3 Å². The molecule has 1 N–H and O–H groups in total. The van der Waals surface area contributed by atoms with Crippen LogP contribution >= 0.6 is 0 Å². The second kappa shape index (κ2) is 5.73. The van der Waals surface area contributed by atoms with E-state index in [1.54, 1.807) is 0 Å². The van der Waals surface area contributed by atoms with Crippen LogP contribution in [0, 0.1) is 39.0 Å². The van der Waals surface area contributed by atoms with Gasteiger partial charge in [-0.05, 0) is 68.2 Å². The van der Waals surface area contributed by atoms with E-state index in [1.165, 1.54) is 22.3 Å². The van der Waals surface area contributed by atoms with Crippen LogP contribution in [0.3, 0.4) is 0 Å². The van der Waals surface area contributed by atoms with Gasteiger partial charge < -0.3 is 4.98 Å². The summed E-state index contributed by atoms with van der Waals surface area (Å²) in [5, 5.41) is 9.58. The molecule has 0 radical (unpaired) electrons. The van der Waals surface area contributed by atoms with Crippen molar-refractivity contribution in [3.63, 3.8) is 0 Å². The Hall–Kier alpha value is -2.86. The van der Waals surface area contributed by atoms with Crippen molar-refractivity contribution in [3.05, 3.63) is 64.0 Å². The normalized spacial score (nSPS) is 11.7. The van der Waals surface area contributed by atoms with E-state index in [4.69, 9.17) is 0 Å². The zero-order valence-electron chi connectivity index (χ0n) is 13.9. The number of aromatic nitrogens is 2. The molecule has 0 unspecified atom stereocenters. The standard InChI is InChI=1S/C20H19N3/c1-12-5-6-18-19(9-12)23-20(22-18)16(11-21)10-17-14(3)7-13(2)8-15(17)4/h5-10H,1-4H3,(H,22,23). The smallest absolute Gasteiger partial charge is 0.149 e. The van der Waals surface area contributed by atoms with E-state index in [9.17, 15) is 5.26 Å². The molecule has 2 aromatic carbocycles. The summed E-state index contributed by atoms with van der Waals surface area (Å²) in [4.78, 5) is 7.81. The minimum Gasteiger partial charge on any atom is -0.337 e. The number of aryl methyl sites for hydroxylation is 4. The van der Waals surface area contributed by atoms with Gasteiger partial charge in [-0.2, -0.15) is 5.26 Å². The summed E-state index contributed by atoms with van der Waals surface area (Å²) in [6.45, 7) is 8.27. The van der Waals surface area contributed by atoms with E-state index < -0.39 is 0 Å². The van der Waals surface area contributed by atoms with Crippen molar-refractivity contribution >= 4 is 22.7 Å². The van der Waals surface area contributed by atoms with Gasteiger partial charge in [0, 0.05) is 0 Å². The van der Waals surface area contributed by atoms with E-state index in [2.05, 4.69) is 48.9 Å². The van der Waals surface area contributed by atoms with Gasteiger partial charge in [0.2, 0.25) is 0 Å². The van der Waals surface area contributed by atoms with Crippen LogP contribution in [0.25, 0.3) is 22.7 Å². The highest BCUT2D eigenvalue weighted by Crippen LogP contribution is 2.24. The first kappa shape index (κ1) is 15.1. The van der Waals surface area contributed by atoms with Gasteiger partial charge in [0.15, 0.2) is 0 Å². The largest absolute Gasteiger partial charge is 0.337 e. The van der Waals surface area contributed by atoms with Crippen LogP contribution < -0.4 is 0 Å². The van der Waals surface area contributed by atoms with Crippen molar-refractivity contribution in [1.82, 2.24) is 9.97 Å². The second-order valence-electron chi connectivity index (χ2n) is 6.09. The van der Waals surface area contributed by atoms with Crippen molar-refractivity contribution in [1.29, 1.82) is 5.26 Å². The first-order valence-corrected chi connectivity index (χ1v) is 7.64. The molecule has 0 bridgehead atoms. The van der Waals surface area contributed by atoms with Gasteiger partial charge in [0.05, 0.1) is 16.6 Å². The molecule has 0 saturated carbocycles. The lowest BCUT2D eigenvalue weighted by Gasteiger charge is -2.07. The Labute approximate surface area is 136 Å². The van der Waals surface area contributed by atoms with Gasteiger partial charge in [-0.15, -0.1) is 0 Å². The minimum atomic E-state index is 0.550. The number of imidazole rings is 1. The van der Waals surface area contributed by atoms with Crippen LogP contribution in [0.4, 0.5) is 0 Å². The van der Waals surface area contributed by atoms with Gasteiger partial charge in [-0.1, -0.05) is 23.8 Å². The van der Waals surface area contributed by atoms with Crippen LogP contribution in [0.1, 0.15) is 33.6 Å². The van der Waals surface area contributed by atoms with Crippen molar-refractivity contribution < 1.29 is 0 Å². The van der Waals surface area contributed by atoms with Crippen molar-refractivity contribution in [3.8, 4) is 6.07 Å². The summed E-state index contributed by atoms with van der Waals surface area (Å²) in [6.07, 6.45) is 1.93. The number of rotatable bonds is 2. The zero-order valence-corrected chi connectivity index (χ0v) is 13.9. The number of fused-ring (bicyclic) bond motifs is 1. The summed E-state index contributed by atoms with van der Waals surface area (Å²) >= 11 is 0. The Morgan fingerprint density at radius 3 is 2.39 bits per heavy atom. The molecule has 3 nitrogen and oxygen atoms in total. The molecule has 0 aliphatic heterocycles. The molecule has 0 aliphatic rings. The van der Waals surface area contributed by atoms with Crippen molar-refractivity contribution in [2.24, 2.45) is 0 Å². The van der Waals surface area contributed by atoms with E-state index >= 15 is 0 Å². The monoisotopic (exact) mass is 301 g/mol. The van der Waals surface area contributed by atoms with Crippen LogP contribution in [0.2, 0.25) is 0 Å². The molecule has 3 rings (SSSR count). The predicted octanol–water partition coefficient (Wildman–Crippen LogP) is 4.86. The summed E-state index contributed by atoms with van der Waals surface area (Å²) in [6, 6.07) is 12.6. The lowest BCUT2D eigenvalue weighted by Crippen LogP contribution is -1.91. The van der Waals surface area contributed by atoms with Crippen LogP contribution in [-0.2, 0) is 0 Å². The van der Waals surface area contributed by atoms with Crippen LogP contribution in [-0.4, -0.2) is 9.97 Å². The molecule has 1 heterocycles. The molecule has 0 aliphatic carbocycles. The number of H-pyrrole nitrogens is 1. The lowest BCUT2D eigenvalue weighted by atomic mass is 9.98. The molecule has 0 spiro atoms. The Kier molecular flexibility index (Phi) is 3.75. The average molecular weight is 301 g/mol. The molecule has 1 aromatic heterocycles. The molecule has 0 saturated heterocycles. The molecular formula is C20H19N3. The molecule has 0 atom stereocenters. The molecule has 0 fully saturated rings. The third-order valence-electron chi connectivity index (χ3n) is 4.04. The molecule has 3 aromatic rings. The summed E-state index contributed by atoms with van der Waals surface area (Å²) in [5.41, 5.74) is 8.21. The Balaban J connectivity index is 2.13. The van der Waals surface area contributed by atoms with E-state index in [-0.39, 0.29) is 0 Å². The predicted molar refractivity (Wildman–Crippen MR) is 95.0 cm³/mol. The number of hydrogen-bond donors (Lipinski definition) is 1. The number of allylic oxidation sites excluding steroid dienone is 1. The maximum absolute atomic E-state index is 9.58. The average Bonchev–Trinajstić information content (AvgIpc) is 2.89. The fourth-order valence-electron chi connectivity index (χ4n) is 2.97. The third-order valence-corrected chi connectivity index (χ3v) is 4.04. The summed E-state index contributed by atoms with van der Waals surface area (Å²) in [5.74, 6) is 0.618.